The summed E-state index contributed by atoms with van der Waals surface area (Å²) in [5, 5.41) is 2.57. The lowest BCUT2D eigenvalue weighted by Gasteiger charge is -2.22. The summed E-state index contributed by atoms with van der Waals surface area (Å²) in [6, 6.07) is 19.4. The van der Waals surface area contributed by atoms with E-state index in [1.165, 1.54) is 0 Å². The lowest BCUT2D eigenvalue weighted by molar-refractivity contribution is -0.119. The predicted molar refractivity (Wildman–Crippen MR) is 95.6 cm³/mol. The number of carbonyl (C=O) groups excluding carboxylic acids is 1. The van der Waals surface area contributed by atoms with Crippen LogP contribution >= 0.6 is 0 Å². The maximum absolute atomic E-state index is 12.9. The molecule has 1 N–H and O–H groups in total. The summed E-state index contributed by atoms with van der Waals surface area (Å²) in [6.45, 7) is 5.75. The van der Waals surface area contributed by atoms with Gasteiger partial charge in [0.2, 0.25) is 5.91 Å². The summed E-state index contributed by atoms with van der Waals surface area (Å²) in [5.74, 6) is -0.196. The van der Waals surface area contributed by atoms with Crippen LogP contribution in [-0.2, 0) is 15.6 Å². The Bertz CT molecular complexity index is 623. The molecule has 0 heterocycles. The van der Waals surface area contributed by atoms with E-state index in [1.54, 1.807) is 0 Å². The van der Waals surface area contributed by atoms with E-state index in [4.69, 9.17) is 0 Å². The fraction of sp³-hybridized carbons (Fsp3) is 0.316. The fourth-order valence-corrected chi connectivity index (χ4v) is 3.84. The van der Waals surface area contributed by atoms with Gasteiger partial charge in [0.15, 0.2) is 0 Å². The molecule has 2 rings (SSSR count). The third-order valence-corrected chi connectivity index (χ3v) is 4.87. The molecule has 1 unspecified atom stereocenters. The molecule has 3 nitrogen and oxygen atoms in total. The Labute approximate surface area is 140 Å². The maximum atomic E-state index is 12.9. The summed E-state index contributed by atoms with van der Waals surface area (Å²) in [7, 11) is -1.34. The molecule has 1 amide bonds. The van der Waals surface area contributed by atoms with Gasteiger partial charge in [-0.05, 0) is 31.9 Å². The van der Waals surface area contributed by atoms with E-state index >= 15 is 0 Å². The fourth-order valence-electron chi connectivity index (χ4n) is 2.42. The van der Waals surface area contributed by atoms with Gasteiger partial charge in [0.05, 0.1) is 5.25 Å². The van der Waals surface area contributed by atoms with Gasteiger partial charge in [-0.1, -0.05) is 60.7 Å². The van der Waals surface area contributed by atoms with E-state index in [2.05, 4.69) is 5.32 Å². The van der Waals surface area contributed by atoms with Crippen molar-refractivity contribution in [1.82, 2.24) is 5.32 Å². The van der Waals surface area contributed by atoms with Crippen LogP contribution in [0.2, 0.25) is 0 Å². The van der Waals surface area contributed by atoms with Crippen LogP contribution in [0.1, 0.15) is 37.1 Å². The Morgan fingerprint density at radius 3 is 1.78 bits per heavy atom. The summed E-state index contributed by atoms with van der Waals surface area (Å²) in [5.41, 5.74) is 1.59. The first-order chi connectivity index (χ1) is 10.9. The van der Waals surface area contributed by atoms with Gasteiger partial charge in [-0.2, -0.15) is 0 Å². The van der Waals surface area contributed by atoms with Crippen molar-refractivity contribution in [2.45, 2.75) is 31.6 Å². The van der Waals surface area contributed by atoms with Crippen LogP contribution in [0.4, 0.5) is 0 Å². The Morgan fingerprint density at radius 2 is 1.39 bits per heavy atom. The summed E-state index contributed by atoms with van der Waals surface area (Å²) < 4.78 is 12.9. The highest BCUT2D eigenvalue weighted by molar-refractivity contribution is 7.86. The normalized spacial score (nSPS) is 12.9. The van der Waals surface area contributed by atoms with Crippen LogP contribution in [0.3, 0.4) is 0 Å². The second kappa shape index (κ2) is 7.55. The van der Waals surface area contributed by atoms with Gasteiger partial charge in [-0.15, -0.1) is 0 Å². The molecule has 0 spiro atoms. The van der Waals surface area contributed by atoms with E-state index in [0.29, 0.717) is 0 Å². The minimum absolute atomic E-state index is 0.00821. The first kappa shape index (κ1) is 17.4. The van der Waals surface area contributed by atoms with Crippen LogP contribution in [0, 0.1) is 0 Å². The van der Waals surface area contributed by atoms with Crippen molar-refractivity contribution in [3.63, 3.8) is 0 Å². The number of benzene rings is 2. The van der Waals surface area contributed by atoms with Crippen molar-refractivity contribution < 1.29 is 9.00 Å². The van der Waals surface area contributed by atoms with Gasteiger partial charge in [-0.25, -0.2) is 0 Å². The van der Waals surface area contributed by atoms with Gasteiger partial charge < -0.3 is 5.32 Å². The summed E-state index contributed by atoms with van der Waals surface area (Å²) in [6.07, 6.45) is 0. The molecule has 0 saturated carbocycles. The Kier molecular flexibility index (Phi) is 5.72. The first-order valence-corrected chi connectivity index (χ1v) is 9.03. The third-order valence-electron chi connectivity index (χ3n) is 3.26. The highest BCUT2D eigenvalue weighted by Gasteiger charge is 2.24. The van der Waals surface area contributed by atoms with E-state index in [9.17, 15) is 9.00 Å². The van der Waals surface area contributed by atoms with Gasteiger partial charge in [0.1, 0.15) is 5.75 Å². The molecule has 2 aromatic rings. The molecule has 0 saturated heterocycles. The first-order valence-electron chi connectivity index (χ1n) is 7.65. The number of nitrogens with one attached hydrogen (secondary N) is 1. The quantitative estimate of drug-likeness (QED) is 0.913. The standard InChI is InChI=1S/C19H23NO2S/c1-19(2,3)20-17(21)14-23(22)18(15-10-6-4-7-11-15)16-12-8-5-9-13-16/h4-13,18H,14H2,1-3H3,(H,20,21). The number of amides is 1. The molecule has 0 aliphatic heterocycles. The minimum Gasteiger partial charge on any atom is -0.351 e. The smallest absolute Gasteiger partial charge is 0.233 e. The van der Waals surface area contributed by atoms with Crippen molar-refractivity contribution in [2.75, 3.05) is 5.75 Å². The molecule has 0 bridgehead atoms. The zero-order chi connectivity index (χ0) is 16.9. The highest BCUT2D eigenvalue weighted by atomic mass is 32.2. The molecule has 0 aliphatic carbocycles. The van der Waals surface area contributed by atoms with Crippen molar-refractivity contribution in [2.24, 2.45) is 0 Å². The molecule has 122 valence electrons. The zero-order valence-corrected chi connectivity index (χ0v) is 14.6. The lowest BCUT2D eigenvalue weighted by atomic mass is 10.0. The number of hydrogen-bond donors (Lipinski definition) is 1. The summed E-state index contributed by atoms with van der Waals surface area (Å²) in [4.78, 5) is 12.1. The average Bonchev–Trinajstić information content (AvgIpc) is 2.47. The number of hydrogen-bond acceptors (Lipinski definition) is 2. The average molecular weight is 329 g/mol. The van der Waals surface area contributed by atoms with Gasteiger partial charge in [0.25, 0.3) is 0 Å². The molecule has 0 fully saturated rings. The molecular weight excluding hydrogens is 306 g/mol. The highest BCUT2D eigenvalue weighted by Crippen LogP contribution is 2.28. The lowest BCUT2D eigenvalue weighted by Crippen LogP contribution is -2.43. The van der Waals surface area contributed by atoms with Crippen LogP contribution in [0.5, 0.6) is 0 Å². The van der Waals surface area contributed by atoms with E-state index in [0.717, 1.165) is 11.1 Å². The molecule has 0 radical (unpaired) electrons. The molecule has 0 aromatic heterocycles. The Morgan fingerprint density at radius 1 is 0.957 bits per heavy atom. The Hall–Kier alpha value is -1.94. The van der Waals surface area contributed by atoms with E-state index in [-0.39, 0.29) is 22.4 Å². The van der Waals surface area contributed by atoms with E-state index in [1.807, 2.05) is 81.4 Å². The Balaban J connectivity index is 2.25. The molecule has 23 heavy (non-hydrogen) atoms. The van der Waals surface area contributed by atoms with Crippen molar-refractivity contribution in [3.05, 3.63) is 71.8 Å². The number of rotatable bonds is 5. The summed E-state index contributed by atoms with van der Waals surface area (Å²) >= 11 is 0. The monoisotopic (exact) mass is 329 g/mol. The van der Waals surface area contributed by atoms with Gasteiger partial charge in [-0.3, -0.25) is 9.00 Å². The maximum Gasteiger partial charge on any atom is 0.233 e. The molecule has 4 heteroatoms. The molecule has 2 aromatic carbocycles. The van der Waals surface area contributed by atoms with E-state index < -0.39 is 10.8 Å². The largest absolute Gasteiger partial charge is 0.351 e. The molecule has 0 aliphatic rings. The van der Waals surface area contributed by atoms with Crippen LogP contribution in [0.15, 0.2) is 60.7 Å². The van der Waals surface area contributed by atoms with Gasteiger partial charge >= 0.3 is 0 Å². The van der Waals surface area contributed by atoms with Crippen molar-refractivity contribution >= 4 is 16.7 Å². The van der Waals surface area contributed by atoms with Crippen LogP contribution < -0.4 is 5.32 Å². The third kappa shape index (κ3) is 5.32. The second-order valence-electron chi connectivity index (χ2n) is 6.52. The van der Waals surface area contributed by atoms with Crippen LogP contribution in [-0.4, -0.2) is 21.4 Å². The van der Waals surface area contributed by atoms with Gasteiger partial charge in [0, 0.05) is 16.3 Å². The topological polar surface area (TPSA) is 46.2 Å². The minimum atomic E-state index is -1.34. The number of carbonyl (C=O) groups is 1. The van der Waals surface area contributed by atoms with Crippen molar-refractivity contribution in [3.8, 4) is 0 Å². The molecule has 1 atom stereocenters. The second-order valence-corrected chi connectivity index (χ2v) is 8.05. The predicted octanol–water partition coefficient (Wildman–Crippen LogP) is 3.44. The SMILES string of the molecule is CC(C)(C)NC(=O)CS(=O)C(c1ccccc1)c1ccccc1. The van der Waals surface area contributed by atoms with Crippen molar-refractivity contribution in [1.29, 1.82) is 0 Å². The zero-order valence-electron chi connectivity index (χ0n) is 13.8. The van der Waals surface area contributed by atoms with Crippen LogP contribution in [0.25, 0.3) is 0 Å². The molecular formula is C19H23NO2S.